The van der Waals surface area contributed by atoms with Gasteiger partial charge in [0.2, 0.25) is 0 Å². The van der Waals surface area contributed by atoms with Crippen molar-refractivity contribution in [1.29, 1.82) is 0 Å². The number of nitrogens with one attached hydrogen (secondary N) is 1. The number of hydrogen-bond acceptors (Lipinski definition) is 10. The maximum Gasteiger partial charge on any atom is 0.498 e. The van der Waals surface area contributed by atoms with Gasteiger partial charge in [-0.05, 0) is 81.1 Å². The standard InChI is InChI=1S/C16H27BN2O4.C9H15BN2O2.C7H13BrO2/c1-8-21-14(20)13(11(2)3)19-10-12(9-18-19)17-22-15(4,5)16(6,7)23-17;1-8(2)9(3,4)14-10(13-8)7-5-11-12-6-7;1-4-10-7(9)6(8)5(2)3/h9-11,13H,8H2,1-7H3;5-6H,1-4H3,(H,11,12);5-6H,4H2,1-3H3. The van der Waals surface area contributed by atoms with Gasteiger partial charge < -0.3 is 28.1 Å². The molecule has 0 saturated carbocycles. The van der Waals surface area contributed by atoms with Crippen molar-refractivity contribution in [1.82, 2.24) is 20.0 Å². The van der Waals surface area contributed by atoms with Crippen LogP contribution in [-0.2, 0) is 37.7 Å². The summed E-state index contributed by atoms with van der Waals surface area (Å²) in [5, 5.41) is 11.0. The summed E-state index contributed by atoms with van der Waals surface area (Å²) in [7, 11) is -0.789. The van der Waals surface area contributed by atoms with Gasteiger partial charge >= 0.3 is 26.2 Å². The van der Waals surface area contributed by atoms with Gasteiger partial charge in [-0.3, -0.25) is 14.6 Å². The molecule has 0 bridgehead atoms. The summed E-state index contributed by atoms with van der Waals surface area (Å²) in [5.41, 5.74) is 0.364. The Morgan fingerprint density at radius 2 is 1.23 bits per heavy atom. The summed E-state index contributed by atoms with van der Waals surface area (Å²) in [5.74, 6) is -0.0808. The lowest BCUT2D eigenvalue weighted by Crippen LogP contribution is -2.41. The van der Waals surface area contributed by atoms with Crippen LogP contribution in [0.2, 0.25) is 0 Å². The van der Waals surface area contributed by atoms with Crippen molar-refractivity contribution in [2.75, 3.05) is 13.2 Å². The molecule has 0 amide bonds. The van der Waals surface area contributed by atoms with Crippen LogP contribution < -0.4 is 10.9 Å². The van der Waals surface area contributed by atoms with E-state index in [0.717, 1.165) is 10.9 Å². The molecule has 12 nitrogen and oxygen atoms in total. The van der Waals surface area contributed by atoms with Crippen molar-refractivity contribution in [3.63, 3.8) is 0 Å². The van der Waals surface area contributed by atoms with Gasteiger partial charge in [0.1, 0.15) is 4.83 Å². The molecule has 15 heteroatoms. The minimum absolute atomic E-state index is 0.0695. The van der Waals surface area contributed by atoms with Crippen LogP contribution in [0.3, 0.4) is 0 Å². The molecule has 0 aromatic carbocycles. The zero-order valence-corrected chi connectivity index (χ0v) is 32.3. The number of H-pyrrole nitrogens is 1. The molecule has 264 valence electrons. The molecule has 47 heavy (non-hydrogen) atoms. The van der Waals surface area contributed by atoms with E-state index in [2.05, 4.69) is 31.2 Å². The normalized spacial score (nSPS) is 20.2. The molecule has 2 aliphatic heterocycles. The number of esters is 2. The van der Waals surface area contributed by atoms with E-state index >= 15 is 0 Å². The lowest BCUT2D eigenvalue weighted by atomic mass is 9.82. The van der Waals surface area contributed by atoms with Gasteiger partial charge in [-0.25, -0.2) is 4.79 Å². The molecule has 4 rings (SSSR count). The zero-order valence-electron chi connectivity index (χ0n) is 30.7. The molecule has 4 heterocycles. The zero-order chi connectivity index (χ0) is 36.0. The topological polar surface area (TPSA) is 136 Å². The Labute approximate surface area is 290 Å². The minimum Gasteiger partial charge on any atom is -0.465 e. The number of halogens is 1. The lowest BCUT2D eigenvalue weighted by molar-refractivity contribution is -0.149. The van der Waals surface area contributed by atoms with Gasteiger partial charge in [0.25, 0.3) is 0 Å². The summed E-state index contributed by atoms with van der Waals surface area (Å²) in [6.07, 6.45) is 7.02. The Bertz CT molecular complexity index is 1250. The summed E-state index contributed by atoms with van der Waals surface area (Å²) >= 11 is 3.23. The third-order valence-electron chi connectivity index (χ3n) is 8.73. The highest BCUT2D eigenvalue weighted by Crippen LogP contribution is 2.37. The van der Waals surface area contributed by atoms with Crippen LogP contribution in [0.1, 0.15) is 103 Å². The largest absolute Gasteiger partial charge is 0.498 e. The Morgan fingerprint density at radius 3 is 1.62 bits per heavy atom. The summed E-state index contributed by atoms with van der Waals surface area (Å²) in [4.78, 5) is 22.9. The first-order valence-corrected chi connectivity index (χ1v) is 17.2. The first-order chi connectivity index (χ1) is 21.6. The summed E-state index contributed by atoms with van der Waals surface area (Å²) in [6, 6.07) is -0.453. The Kier molecular flexibility index (Phi) is 14.4. The number of ether oxygens (including phenoxy) is 2. The second kappa shape index (κ2) is 16.5. The molecular formula is C32H55B2BrN4O8. The smallest absolute Gasteiger partial charge is 0.465 e. The molecule has 2 fully saturated rings. The van der Waals surface area contributed by atoms with E-state index in [4.69, 9.17) is 28.1 Å². The van der Waals surface area contributed by atoms with Crippen molar-refractivity contribution >= 4 is 53.0 Å². The highest BCUT2D eigenvalue weighted by molar-refractivity contribution is 9.10. The van der Waals surface area contributed by atoms with E-state index in [1.165, 1.54) is 0 Å². The number of aromatic nitrogens is 4. The quantitative estimate of drug-likeness (QED) is 0.222. The van der Waals surface area contributed by atoms with E-state index in [9.17, 15) is 9.59 Å². The first kappa shape index (κ1) is 41.0. The number of alkyl halides is 1. The molecular weight excluding hydrogens is 670 g/mol. The maximum atomic E-state index is 12.2. The van der Waals surface area contributed by atoms with Crippen molar-refractivity contribution in [2.24, 2.45) is 11.8 Å². The average molecular weight is 725 g/mol. The van der Waals surface area contributed by atoms with E-state index in [1.54, 1.807) is 37.1 Å². The maximum absolute atomic E-state index is 12.2. The Balaban J connectivity index is 0.000000272. The second-order valence-corrected chi connectivity index (χ2v) is 15.3. The molecule has 1 N–H and O–H groups in total. The van der Waals surface area contributed by atoms with E-state index in [0.29, 0.717) is 19.1 Å². The number of carbonyl (C=O) groups excluding carboxylic acids is 2. The third kappa shape index (κ3) is 10.4. The number of nitrogens with zero attached hydrogens (tertiary/aromatic N) is 3. The van der Waals surface area contributed by atoms with Gasteiger partial charge in [-0.2, -0.15) is 10.2 Å². The van der Waals surface area contributed by atoms with Crippen molar-refractivity contribution in [3.05, 3.63) is 24.8 Å². The lowest BCUT2D eigenvalue weighted by Gasteiger charge is -2.32. The minimum atomic E-state index is -0.483. The predicted molar refractivity (Wildman–Crippen MR) is 187 cm³/mol. The van der Waals surface area contributed by atoms with Gasteiger partial charge in [-0.1, -0.05) is 43.6 Å². The summed E-state index contributed by atoms with van der Waals surface area (Å²) < 4.78 is 35.3. The molecule has 2 aliphatic rings. The average Bonchev–Trinajstić information content (AvgIpc) is 3.72. The van der Waals surface area contributed by atoms with Gasteiger partial charge in [0, 0.05) is 35.7 Å². The van der Waals surface area contributed by atoms with E-state index < -0.39 is 24.4 Å². The molecule has 2 atom stereocenters. The molecule has 0 spiro atoms. The van der Waals surface area contributed by atoms with Crippen molar-refractivity contribution < 1.29 is 37.7 Å². The number of carbonyl (C=O) groups is 2. The van der Waals surface area contributed by atoms with Crippen LogP contribution in [0.5, 0.6) is 0 Å². The van der Waals surface area contributed by atoms with Crippen molar-refractivity contribution in [3.8, 4) is 0 Å². The van der Waals surface area contributed by atoms with Crippen LogP contribution in [0.15, 0.2) is 24.8 Å². The van der Waals surface area contributed by atoms with E-state index in [-0.39, 0.29) is 41.0 Å². The highest BCUT2D eigenvalue weighted by atomic mass is 79.9. The fraction of sp³-hybridized carbons (Fsp3) is 0.750. The van der Waals surface area contributed by atoms with Crippen LogP contribution >= 0.6 is 15.9 Å². The number of rotatable bonds is 9. The summed E-state index contributed by atoms with van der Waals surface area (Å²) in [6.45, 7) is 28.5. The Morgan fingerprint density at radius 1 is 0.787 bits per heavy atom. The van der Waals surface area contributed by atoms with E-state index in [1.807, 2.05) is 89.3 Å². The first-order valence-electron chi connectivity index (χ1n) is 16.3. The van der Waals surface area contributed by atoms with Gasteiger partial charge in [0.15, 0.2) is 6.04 Å². The number of hydrogen-bond donors (Lipinski definition) is 1. The molecule has 2 saturated heterocycles. The molecule has 0 radical (unpaired) electrons. The van der Waals surface area contributed by atoms with Gasteiger partial charge in [-0.15, -0.1) is 0 Å². The predicted octanol–water partition coefficient (Wildman–Crippen LogP) is 4.62. The fourth-order valence-electron chi connectivity index (χ4n) is 4.38. The monoisotopic (exact) mass is 724 g/mol. The SMILES string of the molecule is CC1(C)OB(c2cn[nH]c2)OC1(C)C.CCOC(=O)C(Br)C(C)C.CCOC(=O)C(C(C)C)n1cc(B2OC(C)(C)C(C)(C)O2)cn1. The third-order valence-corrected chi connectivity index (χ3v) is 10.2. The fourth-order valence-corrected chi connectivity index (χ4v) is 4.51. The second-order valence-electron chi connectivity index (χ2n) is 14.3. The number of aromatic amines is 1. The molecule has 2 aromatic rings. The van der Waals surface area contributed by atoms with Crippen molar-refractivity contribution in [2.45, 2.75) is 130 Å². The van der Waals surface area contributed by atoms with Crippen LogP contribution in [-0.4, -0.2) is 86.6 Å². The molecule has 2 unspecified atom stereocenters. The van der Waals surface area contributed by atoms with Crippen LogP contribution in [0.4, 0.5) is 0 Å². The molecule has 0 aliphatic carbocycles. The molecule has 2 aromatic heterocycles. The Hall–Kier alpha value is -2.19. The highest BCUT2D eigenvalue weighted by Gasteiger charge is 2.53. The van der Waals surface area contributed by atoms with Gasteiger partial charge in [0.05, 0.1) is 35.6 Å². The van der Waals surface area contributed by atoms with Crippen LogP contribution in [0, 0.1) is 11.8 Å². The van der Waals surface area contributed by atoms with Crippen LogP contribution in [0.25, 0.3) is 0 Å².